The van der Waals surface area contributed by atoms with Gasteiger partial charge in [-0.05, 0) is 24.7 Å². The van der Waals surface area contributed by atoms with Crippen LogP contribution in [0.4, 0.5) is 0 Å². The fraction of sp³-hybridized carbons (Fsp3) is 0.750. The van der Waals surface area contributed by atoms with Crippen LogP contribution in [0.1, 0.15) is 45.7 Å². The summed E-state index contributed by atoms with van der Waals surface area (Å²) >= 11 is 0. The molecule has 0 spiro atoms. The van der Waals surface area contributed by atoms with Gasteiger partial charge in [0.2, 0.25) is 0 Å². The SMILES string of the molecule is [CH2-]CCc1cn(CCCC(C)(C)C)nn1.[W]. The third-order valence-electron chi connectivity index (χ3n) is 2.33. The summed E-state index contributed by atoms with van der Waals surface area (Å²) in [5.41, 5.74) is 1.47. The van der Waals surface area contributed by atoms with Gasteiger partial charge < -0.3 is 6.92 Å². The molecule has 0 aliphatic heterocycles. The molecule has 0 aromatic carbocycles. The monoisotopic (exact) mass is 392 g/mol. The van der Waals surface area contributed by atoms with Crippen molar-refractivity contribution in [3.05, 3.63) is 18.8 Å². The van der Waals surface area contributed by atoms with Gasteiger partial charge in [0.25, 0.3) is 0 Å². The number of hydrogen-bond acceptors (Lipinski definition) is 2. The summed E-state index contributed by atoms with van der Waals surface area (Å²) in [5, 5.41) is 8.19. The van der Waals surface area contributed by atoms with E-state index in [1.807, 2.05) is 10.9 Å². The van der Waals surface area contributed by atoms with Gasteiger partial charge in [0, 0.05) is 33.8 Å². The molecule has 0 radical (unpaired) electrons. The second kappa shape index (κ2) is 7.21. The number of aromatic nitrogens is 3. The Hall–Kier alpha value is -0.172. The second-order valence-corrected chi connectivity index (χ2v) is 5.24. The maximum Gasteiger partial charge on any atom is 0.0801 e. The maximum absolute atomic E-state index is 4.09. The molecule has 0 unspecified atom stereocenters. The van der Waals surface area contributed by atoms with Crippen LogP contribution in [0.3, 0.4) is 0 Å². The number of aryl methyl sites for hydroxylation is 2. The molecule has 1 aromatic rings. The quantitative estimate of drug-likeness (QED) is 0.722. The Morgan fingerprint density at radius 1 is 1.38 bits per heavy atom. The van der Waals surface area contributed by atoms with Gasteiger partial charge in [-0.3, -0.25) is 4.68 Å². The Bertz CT molecular complexity index is 289. The molecule has 0 aliphatic rings. The maximum atomic E-state index is 4.09. The van der Waals surface area contributed by atoms with Crippen molar-refractivity contribution in [2.75, 3.05) is 0 Å². The zero-order valence-corrected chi connectivity index (χ0v) is 13.5. The normalized spacial score (nSPS) is 11.2. The van der Waals surface area contributed by atoms with Gasteiger partial charge >= 0.3 is 0 Å². The summed E-state index contributed by atoms with van der Waals surface area (Å²) in [6, 6.07) is 0. The first-order chi connectivity index (χ1) is 7.01. The van der Waals surface area contributed by atoms with E-state index in [1.165, 1.54) is 6.42 Å². The molecule has 1 rings (SSSR count). The molecule has 4 heteroatoms. The minimum absolute atomic E-state index is 0. The largest absolute Gasteiger partial charge is 0.343 e. The molecule has 0 saturated carbocycles. The number of rotatable bonds is 5. The average Bonchev–Trinajstić information content (AvgIpc) is 2.51. The van der Waals surface area contributed by atoms with E-state index in [1.54, 1.807) is 0 Å². The minimum atomic E-state index is 0. The first-order valence-corrected chi connectivity index (χ1v) is 5.69. The van der Waals surface area contributed by atoms with E-state index in [2.05, 4.69) is 38.0 Å². The van der Waals surface area contributed by atoms with E-state index in [0.717, 1.165) is 31.5 Å². The fourth-order valence-electron chi connectivity index (χ4n) is 1.51. The van der Waals surface area contributed by atoms with E-state index >= 15 is 0 Å². The first-order valence-electron chi connectivity index (χ1n) is 5.69. The summed E-state index contributed by atoms with van der Waals surface area (Å²) in [6.45, 7) is 11.6. The molecule has 92 valence electrons. The van der Waals surface area contributed by atoms with E-state index in [0.29, 0.717) is 5.41 Å². The molecule has 16 heavy (non-hydrogen) atoms. The predicted octanol–water partition coefficient (Wildman–Crippen LogP) is 2.87. The van der Waals surface area contributed by atoms with Crippen LogP contribution in [0, 0.1) is 12.3 Å². The van der Waals surface area contributed by atoms with Gasteiger partial charge in [-0.1, -0.05) is 26.0 Å². The predicted molar refractivity (Wildman–Crippen MR) is 62.4 cm³/mol. The second-order valence-electron chi connectivity index (χ2n) is 5.24. The van der Waals surface area contributed by atoms with Crippen LogP contribution in [-0.2, 0) is 34.0 Å². The van der Waals surface area contributed by atoms with E-state index in [-0.39, 0.29) is 21.1 Å². The van der Waals surface area contributed by atoms with E-state index < -0.39 is 0 Å². The smallest absolute Gasteiger partial charge is 0.0801 e. The molecule has 0 bridgehead atoms. The van der Waals surface area contributed by atoms with Gasteiger partial charge in [-0.15, -0.1) is 5.10 Å². The molecule has 0 amide bonds. The van der Waals surface area contributed by atoms with Gasteiger partial charge in [0.15, 0.2) is 0 Å². The van der Waals surface area contributed by atoms with Crippen LogP contribution in [0.2, 0.25) is 0 Å². The summed E-state index contributed by atoms with van der Waals surface area (Å²) in [6.07, 6.45) is 6.24. The zero-order chi connectivity index (χ0) is 11.3. The van der Waals surface area contributed by atoms with Crippen LogP contribution < -0.4 is 0 Å². The average molecular weight is 392 g/mol. The minimum Gasteiger partial charge on any atom is -0.343 e. The molecule has 0 saturated heterocycles. The zero-order valence-electron chi connectivity index (χ0n) is 10.6. The summed E-state index contributed by atoms with van der Waals surface area (Å²) in [4.78, 5) is 0. The molecular formula is C12H22N3W-. The van der Waals surface area contributed by atoms with Crippen molar-refractivity contribution >= 4 is 0 Å². The van der Waals surface area contributed by atoms with Crippen LogP contribution in [0.5, 0.6) is 0 Å². The molecule has 0 fully saturated rings. The van der Waals surface area contributed by atoms with E-state index in [4.69, 9.17) is 0 Å². The molecule has 1 aromatic heterocycles. The van der Waals surface area contributed by atoms with E-state index in [9.17, 15) is 0 Å². The number of hydrogen-bond donors (Lipinski definition) is 0. The van der Waals surface area contributed by atoms with Crippen molar-refractivity contribution in [1.29, 1.82) is 0 Å². The molecule has 3 nitrogen and oxygen atoms in total. The first kappa shape index (κ1) is 15.8. The molecule has 0 atom stereocenters. The number of nitrogens with zero attached hydrogens (tertiary/aromatic N) is 3. The molecule has 0 N–H and O–H groups in total. The summed E-state index contributed by atoms with van der Waals surface area (Å²) < 4.78 is 1.94. The Morgan fingerprint density at radius 3 is 2.62 bits per heavy atom. The van der Waals surface area contributed by atoms with Crippen molar-refractivity contribution in [2.45, 2.75) is 53.0 Å². The van der Waals surface area contributed by atoms with Crippen molar-refractivity contribution in [3.8, 4) is 0 Å². The van der Waals surface area contributed by atoms with Crippen LogP contribution in [0.25, 0.3) is 0 Å². The van der Waals surface area contributed by atoms with Crippen molar-refractivity contribution < 1.29 is 21.1 Å². The standard InChI is InChI=1S/C12H22N3.W/c1-5-7-11-10-15(14-13-11)9-6-8-12(2,3)4;/h10H,1,5-9H2,2-4H3;/q-1;. The van der Waals surface area contributed by atoms with Gasteiger partial charge in [0.05, 0.1) is 5.69 Å². The third-order valence-corrected chi connectivity index (χ3v) is 2.33. The van der Waals surface area contributed by atoms with Crippen LogP contribution in [0.15, 0.2) is 6.20 Å². The van der Waals surface area contributed by atoms with Crippen LogP contribution in [-0.4, -0.2) is 15.0 Å². The topological polar surface area (TPSA) is 30.7 Å². The fourth-order valence-corrected chi connectivity index (χ4v) is 1.51. The Morgan fingerprint density at radius 2 is 2.06 bits per heavy atom. The van der Waals surface area contributed by atoms with Gasteiger partial charge in [-0.25, -0.2) is 0 Å². The third kappa shape index (κ3) is 6.42. The van der Waals surface area contributed by atoms with Gasteiger partial charge in [-0.2, -0.15) is 6.42 Å². The summed E-state index contributed by atoms with van der Waals surface area (Å²) in [5.74, 6) is 0. The Kier molecular flexibility index (Phi) is 7.13. The van der Waals surface area contributed by atoms with Crippen molar-refractivity contribution in [1.82, 2.24) is 15.0 Å². The summed E-state index contributed by atoms with van der Waals surface area (Å²) in [7, 11) is 0. The van der Waals surface area contributed by atoms with Crippen molar-refractivity contribution in [3.63, 3.8) is 0 Å². The Balaban J connectivity index is 0.00000225. The molecule has 1 heterocycles. The van der Waals surface area contributed by atoms with Crippen molar-refractivity contribution in [2.24, 2.45) is 5.41 Å². The molecular weight excluding hydrogens is 370 g/mol. The van der Waals surface area contributed by atoms with Gasteiger partial charge in [0.1, 0.15) is 0 Å². The van der Waals surface area contributed by atoms with Crippen LogP contribution >= 0.6 is 0 Å². The Labute approximate surface area is 113 Å². The molecule has 0 aliphatic carbocycles.